The Balaban J connectivity index is 2.09. The van der Waals surface area contributed by atoms with E-state index < -0.39 is 0 Å². The van der Waals surface area contributed by atoms with Gasteiger partial charge >= 0.3 is 0 Å². The number of hydrogen-bond acceptors (Lipinski definition) is 1. The van der Waals surface area contributed by atoms with Crippen LogP contribution in [0.4, 0.5) is 0 Å². The van der Waals surface area contributed by atoms with Crippen LogP contribution in [-0.2, 0) is 0 Å². The third-order valence-electron chi connectivity index (χ3n) is 1.15. The summed E-state index contributed by atoms with van der Waals surface area (Å²) >= 11 is 2.37. The maximum absolute atomic E-state index is 2.37. The molecule has 0 N–H and O–H groups in total. The second-order valence-electron chi connectivity index (χ2n) is 1.84. The summed E-state index contributed by atoms with van der Waals surface area (Å²) in [6, 6.07) is 0. The van der Waals surface area contributed by atoms with Crippen LogP contribution in [0.2, 0.25) is 0 Å². The predicted molar refractivity (Wildman–Crippen MR) is 39.2 cm³/mol. The van der Waals surface area contributed by atoms with Crippen molar-refractivity contribution in [1.82, 2.24) is 0 Å². The molecule has 0 unspecified atom stereocenters. The van der Waals surface area contributed by atoms with Crippen LogP contribution >= 0.6 is 30.1 Å². The van der Waals surface area contributed by atoms with Gasteiger partial charge in [0, 0.05) is 5.25 Å². The minimum absolute atomic E-state index is 1.01. The lowest BCUT2D eigenvalue weighted by molar-refractivity contribution is 0.989. The minimum atomic E-state index is 1.01. The SMILES string of the molecule is C[C@@H]1C[C@@H]1SI. The van der Waals surface area contributed by atoms with Crippen molar-refractivity contribution in [1.29, 1.82) is 0 Å². The van der Waals surface area contributed by atoms with Crippen molar-refractivity contribution in [3.63, 3.8) is 0 Å². The van der Waals surface area contributed by atoms with E-state index in [0.717, 1.165) is 11.2 Å². The van der Waals surface area contributed by atoms with Crippen molar-refractivity contribution >= 4 is 30.1 Å². The highest BCUT2D eigenvalue weighted by atomic mass is 127. The van der Waals surface area contributed by atoms with Gasteiger partial charge in [-0.1, -0.05) is 15.9 Å². The molecule has 0 aliphatic heterocycles. The highest BCUT2D eigenvalue weighted by Gasteiger charge is 2.31. The second-order valence-corrected chi connectivity index (χ2v) is 4.15. The van der Waals surface area contributed by atoms with E-state index in [1.54, 1.807) is 0 Å². The molecule has 0 aromatic heterocycles. The third kappa shape index (κ3) is 1.03. The van der Waals surface area contributed by atoms with Crippen molar-refractivity contribution in [2.24, 2.45) is 5.92 Å². The minimum Gasteiger partial charge on any atom is -0.0857 e. The smallest absolute Gasteiger partial charge is 0.0177 e. The van der Waals surface area contributed by atoms with E-state index in [1.165, 1.54) is 6.42 Å². The van der Waals surface area contributed by atoms with Gasteiger partial charge in [0.15, 0.2) is 0 Å². The third-order valence-corrected chi connectivity index (χ3v) is 4.00. The molecule has 1 aliphatic carbocycles. The first-order chi connectivity index (χ1) is 2.84. The van der Waals surface area contributed by atoms with E-state index in [0.29, 0.717) is 0 Å². The van der Waals surface area contributed by atoms with Gasteiger partial charge in [-0.3, -0.25) is 0 Å². The average molecular weight is 214 g/mol. The molecule has 36 valence electrons. The monoisotopic (exact) mass is 214 g/mol. The van der Waals surface area contributed by atoms with Crippen LogP contribution in [0.1, 0.15) is 13.3 Å². The summed E-state index contributed by atoms with van der Waals surface area (Å²) in [5, 5.41) is 1.01. The molecule has 2 atom stereocenters. The summed E-state index contributed by atoms with van der Waals surface area (Å²) in [5.74, 6) is 1.02. The highest BCUT2D eigenvalue weighted by molar-refractivity contribution is 14.2. The van der Waals surface area contributed by atoms with Gasteiger partial charge in [-0.25, -0.2) is 0 Å². The molecule has 0 heterocycles. The standard InChI is InChI=1S/C4H7IS/c1-3-2-4(3)6-5/h3-4H,2H2,1H3/t3-,4+/m1/s1. The topological polar surface area (TPSA) is 0 Å². The van der Waals surface area contributed by atoms with Gasteiger partial charge in [0.1, 0.15) is 0 Å². The Hall–Kier alpha value is 1.08. The first-order valence-corrected chi connectivity index (χ1v) is 5.54. The normalized spacial score (nSPS) is 43.0. The Labute approximate surface area is 54.7 Å². The van der Waals surface area contributed by atoms with Gasteiger partial charge in [-0.15, -0.1) is 0 Å². The van der Waals surface area contributed by atoms with E-state index in [1.807, 2.05) is 8.93 Å². The maximum atomic E-state index is 2.37. The molecule has 0 nitrogen and oxygen atoms in total. The van der Waals surface area contributed by atoms with Crippen molar-refractivity contribution in [3.8, 4) is 0 Å². The van der Waals surface area contributed by atoms with Crippen molar-refractivity contribution < 1.29 is 0 Å². The van der Waals surface area contributed by atoms with Gasteiger partial charge in [0.05, 0.1) is 0 Å². The molecule has 2 heteroatoms. The van der Waals surface area contributed by atoms with Gasteiger partial charge in [0.2, 0.25) is 0 Å². The Morgan fingerprint density at radius 1 is 1.83 bits per heavy atom. The summed E-state index contributed by atoms with van der Waals surface area (Å²) in [4.78, 5) is 0. The summed E-state index contributed by atoms with van der Waals surface area (Å²) < 4.78 is 0. The van der Waals surface area contributed by atoms with E-state index in [2.05, 4.69) is 28.1 Å². The maximum Gasteiger partial charge on any atom is 0.0177 e. The fraction of sp³-hybridized carbons (Fsp3) is 1.00. The second kappa shape index (κ2) is 1.90. The van der Waals surface area contributed by atoms with Crippen molar-refractivity contribution in [2.75, 3.05) is 0 Å². The van der Waals surface area contributed by atoms with Crippen LogP contribution in [0.15, 0.2) is 0 Å². The molecule has 0 aromatic rings. The number of rotatable bonds is 1. The summed E-state index contributed by atoms with van der Waals surface area (Å²) in [6.45, 7) is 2.30. The Kier molecular flexibility index (Phi) is 1.66. The summed E-state index contributed by atoms with van der Waals surface area (Å²) in [5.41, 5.74) is 0. The average Bonchev–Trinajstić information content (AvgIpc) is 2.19. The summed E-state index contributed by atoms with van der Waals surface area (Å²) in [6.07, 6.45) is 1.45. The Bertz CT molecular complexity index is 53.5. The van der Waals surface area contributed by atoms with E-state index in [4.69, 9.17) is 0 Å². The first kappa shape index (κ1) is 5.22. The first-order valence-electron chi connectivity index (χ1n) is 2.12. The molecule has 1 aliphatic rings. The Morgan fingerprint density at radius 3 is 2.33 bits per heavy atom. The lowest BCUT2D eigenvalue weighted by atomic mass is 10.5. The van der Waals surface area contributed by atoms with Crippen molar-refractivity contribution in [3.05, 3.63) is 0 Å². The molecule has 1 fully saturated rings. The molecule has 1 saturated carbocycles. The van der Waals surface area contributed by atoms with Crippen LogP contribution in [0.3, 0.4) is 0 Å². The Morgan fingerprint density at radius 2 is 2.33 bits per heavy atom. The molecular formula is C4H7IS. The van der Waals surface area contributed by atoms with Gasteiger partial charge in [-0.05, 0) is 33.5 Å². The summed E-state index contributed by atoms with van der Waals surface area (Å²) in [7, 11) is 1.97. The molecule has 0 radical (unpaired) electrons. The van der Waals surface area contributed by atoms with E-state index >= 15 is 0 Å². The molecule has 1 rings (SSSR count). The lowest BCUT2D eigenvalue weighted by Gasteiger charge is -1.77. The van der Waals surface area contributed by atoms with Crippen LogP contribution in [0.5, 0.6) is 0 Å². The molecular weight excluding hydrogens is 207 g/mol. The highest BCUT2D eigenvalue weighted by Crippen LogP contribution is 2.44. The van der Waals surface area contributed by atoms with Crippen LogP contribution in [0, 0.1) is 5.92 Å². The van der Waals surface area contributed by atoms with Crippen LogP contribution in [0.25, 0.3) is 0 Å². The van der Waals surface area contributed by atoms with E-state index in [-0.39, 0.29) is 0 Å². The van der Waals surface area contributed by atoms with Crippen LogP contribution in [-0.4, -0.2) is 5.25 Å². The predicted octanol–water partition coefficient (Wildman–Crippen LogP) is 2.48. The number of halogens is 1. The molecule has 0 spiro atoms. The number of hydrogen-bond donors (Lipinski definition) is 0. The molecule has 0 amide bonds. The van der Waals surface area contributed by atoms with E-state index in [9.17, 15) is 0 Å². The molecule has 0 aromatic carbocycles. The zero-order valence-corrected chi connectivity index (χ0v) is 6.62. The molecule has 0 saturated heterocycles. The lowest BCUT2D eigenvalue weighted by Crippen LogP contribution is -1.65. The molecule has 6 heavy (non-hydrogen) atoms. The molecule has 0 bridgehead atoms. The van der Waals surface area contributed by atoms with Gasteiger partial charge in [-0.2, -0.15) is 0 Å². The fourth-order valence-electron chi connectivity index (χ4n) is 0.412. The fourth-order valence-corrected chi connectivity index (χ4v) is 3.09. The van der Waals surface area contributed by atoms with Crippen molar-refractivity contribution in [2.45, 2.75) is 18.6 Å². The van der Waals surface area contributed by atoms with Crippen LogP contribution < -0.4 is 0 Å². The zero-order valence-electron chi connectivity index (χ0n) is 3.65. The largest absolute Gasteiger partial charge is 0.0857 e. The van der Waals surface area contributed by atoms with Gasteiger partial charge < -0.3 is 0 Å². The zero-order chi connectivity index (χ0) is 4.57. The van der Waals surface area contributed by atoms with Gasteiger partial charge in [0.25, 0.3) is 0 Å². The quantitative estimate of drug-likeness (QED) is 0.604.